The number of pyridine rings is 1. The van der Waals surface area contributed by atoms with Gasteiger partial charge in [0.15, 0.2) is 0 Å². The molecule has 0 aliphatic carbocycles. The molecule has 0 unspecified atom stereocenters. The number of esters is 1. The van der Waals surface area contributed by atoms with Crippen molar-refractivity contribution in [1.82, 2.24) is 4.98 Å². The van der Waals surface area contributed by atoms with Gasteiger partial charge in [-0.3, -0.25) is 10.1 Å². The summed E-state index contributed by atoms with van der Waals surface area (Å²) in [5, 5.41) is 10.8. The maximum atomic E-state index is 11.1. The van der Waals surface area contributed by atoms with Crippen molar-refractivity contribution < 1.29 is 14.5 Å². The molecular formula is C11H11ClN2O4. The van der Waals surface area contributed by atoms with Crippen molar-refractivity contribution in [3.8, 4) is 0 Å². The highest BCUT2D eigenvalue weighted by molar-refractivity contribution is 6.31. The third-order valence-corrected chi connectivity index (χ3v) is 2.35. The summed E-state index contributed by atoms with van der Waals surface area (Å²) in [7, 11) is 0. The summed E-state index contributed by atoms with van der Waals surface area (Å²) in [5.74, 6) is -0.545. The summed E-state index contributed by atoms with van der Waals surface area (Å²) in [6.07, 6.45) is 2.48. The van der Waals surface area contributed by atoms with E-state index in [1.54, 1.807) is 6.92 Å². The highest BCUT2D eigenvalue weighted by Crippen LogP contribution is 2.24. The van der Waals surface area contributed by atoms with Crippen LogP contribution in [0.1, 0.15) is 18.2 Å². The number of carbonyl (C=O) groups is 1. The first-order valence-corrected chi connectivity index (χ1v) is 5.49. The SMILES string of the molecule is CCOC(=O)C=Cc1cc([N+](=O)[O-])c(C)nc1Cl. The number of ether oxygens (including phenoxy) is 1. The minimum absolute atomic E-state index is 0.0960. The van der Waals surface area contributed by atoms with E-state index in [4.69, 9.17) is 11.6 Å². The molecule has 0 N–H and O–H groups in total. The second kappa shape index (κ2) is 6.11. The molecule has 0 aliphatic heterocycles. The zero-order valence-electron chi connectivity index (χ0n) is 9.84. The Morgan fingerprint density at radius 1 is 1.67 bits per heavy atom. The van der Waals surface area contributed by atoms with Gasteiger partial charge in [0, 0.05) is 17.7 Å². The summed E-state index contributed by atoms with van der Waals surface area (Å²) < 4.78 is 4.68. The van der Waals surface area contributed by atoms with Crippen LogP contribution >= 0.6 is 11.6 Å². The molecule has 0 saturated heterocycles. The van der Waals surface area contributed by atoms with E-state index in [0.717, 1.165) is 6.08 Å². The van der Waals surface area contributed by atoms with Crippen molar-refractivity contribution in [1.29, 1.82) is 0 Å². The second-order valence-corrected chi connectivity index (χ2v) is 3.67. The third-order valence-electron chi connectivity index (χ3n) is 2.05. The van der Waals surface area contributed by atoms with Gasteiger partial charge in [-0.2, -0.15) is 0 Å². The number of nitrogens with zero attached hydrogens (tertiary/aromatic N) is 2. The molecule has 1 aromatic rings. The fourth-order valence-corrected chi connectivity index (χ4v) is 1.47. The predicted molar refractivity (Wildman–Crippen MR) is 66.3 cm³/mol. The van der Waals surface area contributed by atoms with Crippen LogP contribution < -0.4 is 0 Å². The number of hydrogen-bond donors (Lipinski definition) is 0. The Labute approximate surface area is 108 Å². The van der Waals surface area contributed by atoms with Crippen molar-refractivity contribution in [2.45, 2.75) is 13.8 Å². The average molecular weight is 271 g/mol. The number of aromatic nitrogens is 1. The topological polar surface area (TPSA) is 82.3 Å². The summed E-state index contributed by atoms with van der Waals surface area (Å²) in [6, 6.07) is 1.26. The summed E-state index contributed by atoms with van der Waals surface area (Å²) in [5.41, 5.74) is 0.364. The van der Waals surface area contributed by atoms with Crippen LogP contribution in [0.3, 0.4) is 0 Å². The lowest BCUT2D eigenvalue weighted by molar-refractivity contribution is -0.385. The summed E-state index contributed by atoms with van der Waals surface area (Å²) in [4.78, 5) is 25.1. The average Bonchev–Trinajstić information content (AvgIpc) is 2.27. The van der Waals surface area contributed by atoms with Crippen LogP contribution in [-0.2, 0) is 9.53 Å². The van der Waals surface area contributed by atoms with Gasteiger partial charge >= 0.3 is 5.97 Å². The van der Waals surface area contributed by atoms with E-state index >= 15 is 0 Å². The summed E-state index contributed by atoms with van der Waals surface area (Å²) in [6.45, 7) is 3.42. The molecule has 1 heterocycles. The van der Waals surface area contributed by atoms with Gasteiger partial charge in [0.25, 0.3) is 5.69 Å². The smallest absolute Gasteiger partial charge is 0.330 e. The van der Waals surface area contributed by atoms with Gasteiger partial charge in [0.1, 0.15) is 10.8 Å². The Hall–Kier alpha value is -1.95. The molecule has 1 rings (SSSR count). The van der Waals surface area contributed by atoms with Gasteiger partial charge in [0.05, 0.1) is 11.5 Å². The van der Waals surface area contributed by atoms with E-state index in [9.17, 15) is 14.9 Å². The van der Waals surface area contributed by atoms with Gasteiger partial charge in [-0.05, 0) is 19.9 Å². The monoisotopic (exact) mass is 270 g/mol. The Balaban J connectivity index is 3.06. The Morgan fingerprint density at radius 2 is 2.33 bits per heavy atom. The van der Waals surface area contributed by atoms with Gasteiger partial charge in [0.2, 0.25) is 0 Å². The predicted octanol–water partition coefficient (Wildman–Crippen LogP) is 2.53. The Bertz CT molecular complexity index is 514. The van der Waals surface area contributed by atoms with E-state index in [-0.39, 0.29) is 23.1 Å². The Morgan fingerprint density at radius 3 is 2.89 bits per heavy atom. The minimum Gasteiger partial charge on any atom is -0.463 e. The zero-order valence-corrected chi connectivity index (χ0v) is 10.6. The van der Waals surface area contributed by atoms with Crippen LogP contribution in [0.15, 0.2) is 12.1 Å². The van der Waals surface area contributed by atoms with E-state index in [2.05, 4.69) is 9.72 Å². The highest BCUT2D eigenvalue weighted by Gasteiger charge is 2.14. The van der Waals surface area contributed by atoms with E-state index in [1.165, 1.54) is 19.1 Å². The van der Waals surface area contributed by atoms with Crippen LogP contribution in [0.4, 0.5) is 5.69 Å². The maximum absolute atomic E-state index is 11.1. The molecule has 7 heteroatoms. The van der Waals surface area contributed by atoms with Gasteiger partial charge in [-0.25, -0.2) is 9.78 Å². The molecule has 18 heavy (non-hydrogen) atoms. The molecule has 96 valence electrons. The molecule has 1 aromatic heterocycles. The van der Waals surface area contributed by atoms with Crippen molar-refractivity contribution in [2.75, 3.05) is 6.61 Å². The van der Waals surface area contributed by atoms with Crippen molar-refractivity contribution in [3.05, 3.63) is 38.7 Å². The lowest BCUT2D eigenvalue weighted by Crippen LogP contribution is -1.99. The van der Waals surface area contributed by atoms with Gasteiger partial charge < -0.3 is 4.74 Å². The van der Waals surface area contributed by atoms with Crippen LogP contribution in [0.5, 0.6) is 0 Å². The molecule has 0 amide bonds. The fraction of sp³-hybridized carbons (Fsp3) is 0.273. The molecule has 6 nitrogen and oxygen atoms in total. The molecule has 0 fully saturated rings. The maximum Gasteiger partial charge on any atom is 0.330 e. The van der Waals surface area contributed by atoms with E-state index in [0.29, 0.717) is 5.56 Å². The first-order chi connectivity index (χ1) is 8.45. The quantitative estimate of drug-likeness (QED) is 0.276. The molecule has 0 atom stereocenters. The number of hydrogen-bond acceptors (Lipinski definition) is 5. The van der Waals surface area contributed by atoms with Crippen molar-refractivity contribution in [3.63, 3.8) is 0 Å². The van der Waals surface area contributed by atoms with Gasteiger partial charge in [-0.1, -0.05) is 11.6 Å². The van der Waals surface area contributed by atoms with Gasteiger partial charge in [-0.15, -0.1) is 0 Å². The van der Waals surface area contributed by atoms with E-state index in [1.807, 2.05) is 0 Å². The van der Waals surface area contributed by atoms with Crippen LogP contribution in [0, 0.1) is 17.0 Å². The molecule has 0 aromatic carbocycles. The number of rotatable bonds is 4. The van der Waals surface area contributed by atoms with Crippen molar-refractivity contribution in [2.24, 2.45) is 0 Å². The number of aryl methyl sites for hydroxylation is 1. The Kier molecular flexibility index (Phi) is 4.79. The molecule has 0 saturated carbocycles. The lowest BCUT2D eigenvalue weighted by Gasteiger charge is -2.01. The van der Waals surface area contributed by atoms with Crippen LogP contribution in [0.25, 0.3) is 6.08 Å². The molecule has 0 radical (unpaired) electrons. The molecular weight excluding hydrogens is 260 g/mol. The second-order valence-electron chi connectivity index (χ2n) is 3.32. The van der Waals surface area contributed by atoms with Crippen LogP contribution in [-0.4, -0.2) is 22.5 Å². The minimum atomic E-state index is -0.555. The number of nitro groups is 1. The largest absolute Gasteiger partial charge is 0.463 e. The van der Waals surface area contributed by atoms with Crippen LogP contribution in [0.2, 0.25) is 5.15 Å². The zero-order chi connectivity index (χ0) is 13.7. The third kappa shape index (κ3) is 3.53. The highest BCUT2D eigenvalue weighted by atomic mass is 35.5. The number of halogens is 1. The molecule has 0 spiro atoms. The first kappa shape index (κ1) is 14.1. The van der Waals surface area contributed by atoms with Crippen molar-refractivity contribution >= 4 is 29.3 Å². The molecule has 0 aliphatic rings. The lowest BCUT2D eigenvalue weighted by atomic mass is 10.2. The number of carbonyl (C=O) groups excluding carboxylic acids is 1. The fourth-order valence-electron chi connectivity index (χ4n) is 1.23. The first-order valence-electron chi connectivity index (χ1n) is 5.12. The standard InChI is InChI=1S/C11H11ClN2O4/c1-3-18-10(15)5-4-8-6-9(14(16)17)7(2)13-11(8)12/h4-6H,3H2,1-2H3. The molecule has 0 bridgehead atoms. The van der Waals surface area contributed by atoms with E-state index < -0.39 is 10.9 Å². The summed E-state index contributed by atoms with van der Waals surface area (Å²) >= 11 is 5.83. The normalized spacial score (nSPS) is 10.6.